The topological polar surface area (TPSA) is 65.5 Å². The summed E-state index contributed by atoms with van der Waals surface area (Å²) in [5.41, 5.74) is 7.25. The molecule has 3 atom stereocenters. The smallest absolute Gasteiger partial charge is 0.346 e. The maximum absolute atomic E-state index is 11.9. The van der Waals surface area contributed by atoms with E-state index in [0.29, 0.717) is 28.9 Å². The molecular formula is C16H21NO3. The van der Waals surface area contributed by atoms with Gasteiger partial charge in [-0.1, -0.05) is 6.92 Å². The van der Waals surface area contributed by atoms with Crippen molar-refractivity contribution in [3.05, 3.63) is 33.4 Å². The monoisotopic (exact) mass is 275 g/mol. The fraction of sp³-hybridized carbons (Fsp3) is 0.562. The normalized spacial score (nSPS) is 26.1. The molecule has 0 spiro atoms. The zero-order valence-electron chi connectivity index (χ0n) is 12.0. The van der Waals surface area contributed by atoms with Crippen molar-refractivity contribution in [3.63, 3.8) is 0 Å². The van der Waals surface area contributed by atoms with Crippen LogP contribution in [0.3, 0.4) is 0 Å². The molecule has 20 heavy (non-hydrogen) atoms. The maximum Gasteiger partial charge on any atom is 0.346 e. The van der Waals surface area contributed by atoms with Crippen LogP contribution in [0.2, 0.25) is 0 Å². The van der Waals surface area contributed by atoms with Crippen LogP contribution in [-0.4, -0.2) is 12.6 Å². The number of rotatable bonds is 2. The number of nitrogens with two attached hydrogens (primary N) is 1. The third kappa shape index (κ3) is 2.29. The van der Waals surface area contributed by atoms with Crippen LogP contribution in [-0.2, 0) is 0 Å². The van der Waals surface area contributed by atoms with E-state index in [4.69, 9.17) is 14.9 Å². The largest absolute Gasteiger partial charge is 0.485 e. The van der Waals surface area contributed by atoms with E-state index in [0.717, 1.165) is 25.8 Å². The van der Waals surface area contributed by atoms with Gasteiger partial charge in [-0.2, -0.15) is 0 Å². The molecule has 2 heterocycles. The Balaban J connectivity index is 1.90. The third-order valence-electron chi connectivity index (χ3n) is 4.58. The van der Waals surface area contributed by atoms with Crippen LogP contribution in [0.15, 0.2) is 20.9 Å². The van der Waals surface area contributed by atoms with Gasteiger partial charge in [0.2, 0.25) is 0 Å². The number of ether oxygens (including phenoxy) is 1. The van der Waals surface area contributed by atoms with Crippen molar-refractivity contribution in [3.8, 4) is 5.75 Å². The zero-order chi connectivity index (χ0) is 14.3. The lowest BCUT2D eigenvalue weighted by atomic mass is 9.76. The first-order valence-electron chi connectivity index (χ1n) is 7.30. The van der Waals surface area contributed by atoms with Gasteiger partial charge in [0.25, 0.3) is 0 Å². The fourth-order valence-electron chi connectivity index (χ4n) is 3.22. The highest BCUT2D eigenvalue weighted by atomic mass is 16.5. The Kier molecular flexibility index (Phi) is 3.42. The van der Waals surface area contributed by atoms with E-state index in [-0.39, 0.29) is 11.7 Å². The van der Waals surface area contributed by atoms with E-state index in [9.17, 15) is 4.79 Å². The molecule has 1 aliphatic carbocycles. The molecule has 0 aromatic carbocycles. The van der Waals surface area contributed by atoms with Crippen LogP contribution in [0, 0.1) is 18.8 Å². The van der Waals surface area contributed by atoms with Gasteiger partial charge in [0.05, 0.1) is 0 Å². The number of fused-ring (bicyclic) bond motifs is 2. The highest BCUT2D eigenvalue weighted by molar-refractivity contribution is 5.62. The summed E-state index contributed by atoms with van der Waals surface area (Å²) >= 11 is 0. The molecule has 0 amide bonds. The molecule has 1 saturated carbocycles. The quantitative estimate of drug-likeness (QED) is 0.900. The third-order valence-corrected chi connectivity index (χ3v) is 4.58. The van der Waals surface area contributed by atoms with Crippen molar-refractivity contribution in [2.45, 2.75) is 39.2 Å². The van der Waals surface area contributed by atoms with E-state index in [1.54, 1.807) is 13.0 Å². The minimum atomic E-state index is -0.302. The van der Waals surface area contributed by atoms with Crippen LogP contribution in [0.25, 0.3) is 6.08 Å². The second kappa shape index (κ2) is 5.09. The van der Waals surface area contributed by atoms with Gasteiger partial charge in [-0.05, 0) is 56.2 Å². The Hall–Kier alpha value is -1.55. The Labute approximate surface area is 118 Å². The van der Waals surface area contributed by atoms with Crippen LogP contribution in [0.1, 0.15) is 37.5 Å². The Morgan fingerprint density at radius 1 is 1.50 bits per heavy atom. The minimum absolute atomic E-state index is 0.0939. The molecule has 0 saturated heterocycles. The molecule has 2 unspecified atom stereocenters. The van der Waals surface area contributed by atoms with Crippen molar-refractivity contribution >= 4 is 6.08 Å². The first kappa shape index (κ1) is 13.4. The predicted octanol–water partition coefficient (Wildman–Crippen LogP) is 2.49. The molecular weight excluding hydrogens is 254 g/mol. The summed E-state index contributed by atoms with van der Waals surface area (Å²) in [5.74, 6) is 2.37. The second-order valence-electron chi connectivity index (χ2n) is 6.00. The van der Waals surface area contributed by atoms with Crippen LogP contribution in [0.5, 0.6) is 5.75 Å². The van der Waals surface area contributed by atoms with Crippen molar-refractivity contribution in [2.24, 2.45) is 17.6 Å². The molecule has 4 nitrogen and oxygen atoms in total. The highest BCUT2D eigenvalue weighted by Gasteiger charge is 2.33. The lowest BCUT2D eigenvalue weighted by molar-refractivity contribution is 0.143. The molecule has 3 rings (SSSR count). The van der Waals surface area contributed by atoms with E-state index >= 15 is 0 Å². The van der Waals surface area contributed by atoms with Gasteiger partial charge in [0.15, 0.2) is 0 Å². The van der Waals surface area contributed by atoms with Crippen molar-refractivity contribution in [2.75, 3.05) is 6.54 Å². The molecule has 1 aromatic heterocycles. The standard InChI is InChI=1S/C16H21NO3/c1-9(8-17)11-3-4-12-6-13-15(20-14(12)7-11)5-10(2)19-16(13)18/h5-6,9,11,14H,3-4,7-8,17H2,1-2H3/t9?,11-,14?/m0/s1. The molecule has 0 bridgehead atoms. The SMILES string of the molecule is Cc1cc2c(c(=O)o1)C=C1CC[C@H](C(C)CN)CC1O2. The van der Waals surface area contributed by atoms with E-state index in [2.05, 4.69) is 6.92 Å². The number of hydrogen-bond donors (Lipinski definition) is 1. The first-order valence-corrected chi connectivity index (χ1v) is 7.30. The maximum atomic E-state index is 11.9. The highest BCUT2D eigenvalue weighted by Crippen LogP contribution is 2.39. The first-order chi connectivity index (χ1) is 9.58. The van der Waals surface area contributed by atoms with E-state index in [1.165, 1.54) is 5.57 Å². The van der Waals surface area contributed by atoms with Crippen molar-refractivity contribution in [1.82, 2.24) is 0 Å². The summed E-state index contributed by atoms with van der Waals surface area (Å²) in [4.78, 5) is 11.9. The summed E-state index contributed by atoms with van der Waals surface area (Å²) in [5, 5.41) is 0. The molecule has 2 aliphatic rings. The summed E-state index contributed by atoms with van der Waals surface area (Å²) in [7, 11) is 0. The van der Waals surface area contributed by atoms with Crippen LogP contribution >= 0.6 is 0 Å². The zero-order valence-corrected chi connectivity index (χ0v) is 12.0. The number of aryl methyl sites for hydroxylation is 1. The van der Waals surface area contributed by atoms with E-state index in [1.807, 2.05) is 6.08 Å². The van der Waals surface area contributed by atoms with Gasteiger partial charge in [0, 0.05) is 6.07 Å². The summed E-state index contributed by atoms with van der Waals surface area (Å²) in [6, 6.07) is 1.81. The Morgan fingerprint density at radius 2 is 2.30 bits per heavy atom. The Morgan fingerprint density at radius 3 is 3.05 bits per heavy atom. The van der Waals surface area contributed by atoms with Gasteiger partial charge in [-0.15, -0.1) is 0 Å². The molecule has 4 heteroatoms. The number of hydrogen-bond acceptors (Lipinski definition) is 4. The minimum Gasteiger partial charge on any atom is -0.485 e. The molecule has 1 aromatic rings. The molecule has 0 radical (unpaired) electrons. The summed E-state index contributed by atoms with van der Waals surface area (Å²) < 4.78 is 11.2. The van der Waals surface area contributed by atoms with Crippen molar-refractivity contribution < 1.29 is 9.15 Å². The van der Waals surface area contributed by atoms with E-state index < -0.39 is 0 Å². The Bertz CT molecular complexity index is 602. The van der Waals surface area contributed by atoms with Gasteiger partial charge in [-0.25, -0.2) is 4.79 Å². The summed E-state index contributed by atoms with van der Waals surface area (Å²) in [6.07, 6.45) is 5.15. The molecule has 1 fully saturated rings. The van der Waals surface area contributed by atoms with Gasteiger partial charge in [-0.3, -0.25) is 0 Å². The average molecular weight is 275 g/mol. The molecule has 2 N–H and O–H groups in total. The van der Waals surface area contributed by atoms with Crippen molar-refractivity contribution in [1.29, 1.82) is 0 Å². The van der Waals surface area contributed by atoms with Crippen LogP contribution < -0.4 is 16.1 Å². The lowest BCUT2D eigenvalue weighted by Gasteiger charge is -2.36. The molecule has 108 valence electrons. The van der Waals surface area contributed by atoms with Crippen LogP contribution in [0.4, 0.5) is 0 Å². The molecule has 1 aliphatic heterocycles. The predicted molar refractivity (Wildman–Crippen MR) is 77.7 cm³/mol. The second-order valence-corrected chi connectivity index (χ2v) is 6.00. The van der Waals surface area contributed by atoms with Gasteiger partial charge < -0.3 is 14.9 Å². The lowest BCUT2D eigenvalue weighted by Crippen LogP contribution is -2.35. The average Bonchev–Trinajstić information content (AvgIpc) is 2.44. The fourth-order valence-corrected chi connectivity index (χ4v) is 3.22. The van der Waals surface area contributed by atoms with Gasteiger partial charge >= 0.3 is 5.63 Å². The van der Waals surface area contributed by atoms with Gasteiger partial charge in [0.1, 0.15) is 23.2 Å². The summed E-state index contributed by atoms with van der Waals surface area (Å²) in [6.45, 7) is 4.69.